The summed E-state index contributed by atoms with van der Waals surface area (Å²) in [5.74, 6) is 1.31. The number of nitrogens with two attached hydrogens (primary N) is 2. The minimum atomic E-state index is -0.687. The van der Waals surface area contributed by atoms with Gasteiger partial charge in [-0.2, -0.15) is 0 Å². The van der Waals surface area contributed by atoms with Crippen molar-refractivity contribution in [3.8, 4) is 23.0 Å². The largest absolute Gasteiger partial charge is 0.493 e. The van der Waals surface area contributed by atoms with E-state index >= 15 is 0 Å². The van der Waals surface area contributed by atoms with Crippen molar-refractivity contribution in [3.05, 3.63) is 47.5 Å². The zero-order chi connectivity index (χ0) is 27.0. The summed E-state index contributed by atoms with van der Waals surface area (Å²) in [6.45, 7) is 0. The van der Waals surface area contributed by atoms with Crippen LogP contribution in [0.25, 0.3) is 0 Å². The van der Waals surface area contributed by atoms with Crippen LogP contribution in [0.3, 0.4) is 0 Å². The molecule has 0 unspecified atom stereocenters. The van der Waals surface area contributed by atoms with E-state index in [0.717, 1.165) is 11.1 Å². The van der Waals surface area contributed by atoms with Gasteiger partial charge < -0.3 is 41.0 Å². The van der Waals surface area contributed by atoms with Crippen LogP contribution in [0.4, 0.5) is 0 Å². The molecule has 0 aliphatic carbocycles. The Morgan fingerprint density at radius 2 is 1.06 bits per heavy atom. The first-order valence-electron chi connectivity index (χ1n) is 10.0. The number of benzene rings is 2. The van der Waals surface area contributed by atoms with Gasteiger partial charge in [0.2, 0.25) is 11.8 Å². The number of amides is 2. The maximum Gasteiger partial charge on any atom is 0.226 e. The predicted octanol–water partition coefficient (Wildman–Crippen LogP) is 1.54. The van der Waals surface area contributed by atoms with Crippen LogP contribution < -0.4 is 41.0 Å². The highest BCUT2D eigenvalue weighted by molar-refractivity contribution is 7.81. The number of methoxy groups -OCH3 is 4. The maximum atomic E-state index is 9.73. The summed E-state index contributed by atoms with van der Waals surface area (Å²) < 4.78 is 20.8. The number of carbonyl (C=O) groups excluding carboxylic acids is 2. The molecule has 0 saturated carbocycles. The highest BCUT2D eigenvalue weighted by Crippen LogP contribution is 2.31. The molecule has 0 fully saturated rings. The molecule has 0 aliphatic heterocycles. The normalized spacial score (nSPS) is 9.09. The summed E-state index contributed by atoms with van der Waals surface area (Å²) in [5, 5.41) is 5.81. The number of primary amides is 2. The van der Waals surface area contributed by atoms with Crippen LogP contribution in [-0.4, -0.2) is 64.3 Å². The second kappa shape index (κ2) is 16.9. The number of rotatable bonds is 8. The van der Waals surface area contributed by atoms with Crippen molar-refractivity contribution in [1.29, 1.82) is 0 Å². The summed E-state index contributed by atoms with van der Waals surface area (Å²) >= 11 is 10.3. The van der Waals surface area contributed by atoms with E-state index in [1.807, 2.05) is 36.4 Å². The molecular weight excluding hydrogens is 492 g/mol. The van der Waals surface area contributed by atoms with Crippen LogP contribution in [0.15, 0.2) is 36.4 Å². The third kappa shape index (κ3) is 10.4. The van der Waals surface area contributed by atoms with E-state index in [1.54, 1.807) is 42.5 Å². The highest BCUT2D eigenvalue weighted by atomic mass is 32.1. The lowest BCUT2D eigenvalue weighted by Gasteiger charge is -2.12. The summed E-state index contributed by atoms with van der Waals surface area (Å²) in [7, 11) is 9.95. The Bertz CT molecular complexity index is 938. The number of carbonyl (C=O) groups is 2. The van der Waals surface area contributed by atoms with E-state index in [2.05, 4.69) is 22.1 Å². The van der Waals surface area contributed by atoms with Crippen LogP contribution >= 0.6 is 24.4 Å². The Labute approximate surface area is 216 Å². The van der Waals surface area contributed by atoms with E-state index in [1.165, 1.54) is 0 Å². The van der Waals surface area contributed by atoms with Gasteiger partial charge in [0.05, 0.1) is 39.6 Å². The van der Waals surface area contributed by atoms with E-state index in [4.69, 9.17) is 43.4 Å². The number of para-hydroxylation sites is 2. The molecule has 0 spiro atoms. The van der Waals surface area contributed by atoms with Gasteiger partial charge in [-0.15, -0.1) is 0 Å². The first-order chi connectivity index (χ1) is 16.6. The Kier molecular flexibility index (Phi) is 15.1. The van der Waals surface area contributed by atoms with E-state index in [0.29, 0.717) is 33.0 Å². The number of hydrogen-bond acceptors (Lipinski definition) is 8. The van der Waals surface area contributed by atoms with Crippen molar-refractivity contribution in [3.63, 3.8) is 0 Å². The molecule has 0 heterocycles. The molecule has 10 nitrogen and oxygen atoms in total. The molecule has 2 aromatic rings. The molecule has 2 aromatic carbocycles. The molecule has 2 amide bonds. The van der Waals surface area contributed by atoms with Crippen LogP contribution in [0.1, 0.15) is 17.5 Å². The van der Waals surface area contributed by atoms with E-state index in [9.17, 15) is 9.59 Å². The second-order valence-electron chi connectivity index (χ2n) is 6.35. The molecule has 12 heteroatoms. The molecule has 6 N–H and O–H groups in total. The number of thiocarbonyl (C=S) groups is 2. The molecule has 0 atom stereocenters. The minimum Gasteiger partial charge on any atom is -0.493 e. The second-order valence-corrected chi connectivity index (χ2v) is 7.17. The Balaban J connectivity index is 0.000000526. The van der Waals surface area contributed by atoms with Crippen LogP contribution in [0.2, 0.25) is 0 Å². The van der Waals surface area contributed by atoms with Crippen molar-refractivity contribution in [1.82, 2.24) is 10.6 Å². The van der Waals surface area contributed by atoms with Crippen LogP contribution in [0, 0.1) is 0 Å². The first kappa shape index (κ1) is 31.4. The van der Waals surface area contributed by atoms with Gasteiger partial charge >= 0.3 is 0 Å². The van der Waals surface area contributed by atoms with E-state index < -0.39 is 11.8 Å². The van der Waals surface area contributed by atoms with Gasteiger partial charge in [0.1, 0.15) is 16.4 Å². The standard InChI is InChI=1S/2C10H13NO2S.C3H6N2O2/c2*1-11-10(14)7-5-4-6-8(12-2)9(7)13-3;4-2(6)1-3(5)7/h2*4-6H,1-3H3,(H,11,14);1H2,(H2,4,6)(H2,5,7). The highest BCUT2D eigenvalue weighted by Gasteiger charge is 2.12. The molecule has 2 rings (SSSR count). The average Bonchev–Trinajstić information content (AvgIpc) is 2.86. The predicted molar refractivity (Wildman–Crippen MR) is 144 cm³/mol. The van der Waals surface area contributed by atoms with Crippen molar-refractivity contribution in [2.45, 2.75) is 6.42 Å². The Morgan fingerprint density at radius 3 is 1.26 bits per heavy atom. The van der Waals surface area contributed by atoms with Gasteiger partial charge in [0.25, 0.3) is 0 Å². The third-order valence-corrected chi connectivity index (χ3v) is 4.95. The van der Waals surface area contributed by atoms with Gasteiger partial charge in [-0.05, 0) is 24.3 Å². The SMILES string of the molecule is CNC(=S)c1cccc(OC)c1OC.CNC(=S)c1cccc(OC)c1OC.NC(=O)CC(N)=O. The van der Waals surface area contributed by atoms with E-state index in [-0.39, 0.29) is 6.42 Å². The number of hydrogen-bond donors (Lipinski definition) is 4. The lowest BCUT2D eigenvalue weighted by molar-refractivity contribution is -0.125. The fraction of sp³-hybridized carbons (Fsp3) is 0.304. The molecule has 0 aliphatic rings. The lowest BCUT2D eigenvalue weighted by atomic mass is 10.2. The van der Waals surface area contributed by atoms with Crippen molar-refractivity contribution in [2.75, 3.05) is 42.5 Å². The third-order valence-electron chi connectivity index (χ3n) is 4.10. The topological polar surface area (TPSA) is 147 Å². The molecule has 192 valence electrons. The summed E-state index contributed by atoms with van der Waals surface area (Å²) in [5.41, 5.74) is 10.8. The number of ether oxygens (including phenoxy) is 4. The first-order valence-corrected chi connectivity index (χ1v) is 10.9. The smallest absolute Gasteiger partial charge is 0.226 e. The Hall–Kier alpha value is -3.64. The van der Waals surface area contributed by atoms with Crippen molar-refractivity contribution < 1.29 is 28.5 Å². The zero-order valence-corrected chi connectivity index (χ0v) is 22.2. The summed E-state index contributed by atoms with van der Waals surface area (Å²) in [6, 6.07) is 11.2. The quantitative estimate of drug-likeness (QED) is 0.296. The van der Waals surface area contributed by atoms with Crippen LogP contribution in [-0.2, 0) is 9.59 Å². The molecule has 35 heavy (non-hydrogen) atoms. The fourth-order valence-electron chi connectivity index (χ4n) is 2.57. The minimum absolute atomic E-state index is 0.361. The van der Waals surface area contributed by atoms with Gasteiger partial charge in [-0.1, -0.05) is 36.6 Å². The zero-order valence-electron chi connectivity index (χ0n) is 20.6. The van der Waals surface area contributed by atoms with Crippen molar-refractivity contribution >= 4 is 46.2 Å². The molecule has 0 radical (unpaired) electrons. The van der Waals surface area contributed by atoms with Gasteiger partial charge in [-0.3, -0.25) is 9.59 Å². The van der Waals surface area contributed by atoms with Gasteiger partial charge in [0.15, 0.2) is 23.0 Å². The molecule has 0 bridgehead atoms. The monoisotopic (exact) mass is 524 g/mol. The number of nitrogens with one attached hydrogen (secondary N) is 2. The molecule has 0 aromatic heterocycles. The Morgan fingerprint density at radius 1 is 0.714 bits per heavy atom. The maximum absolute atomic E-state index is 9.73. The molecular formula is C23H32N4O6S2. The van der Waals surface area contributed by atoms with Crippen molar-refractivity contribution in [2.24, 2.45) is 11.5 Å². The van der Waals surface area contributed by atoms with Gasteiger partial charge in [-0.25, -0.2) is 0 Å². The van der Waals surface area contributed by atoms with Gasteiger partial charge in [0, 0.05) is 14.1 Å². The average molecular weight is 525 g/mol. The summed E-state index contributed by atoms with van der Waals surface area (Å²) in [4.78, 5) is 20.7. The van der Waals surface area contributed by atoms with Crippen LogP contribution in [0.5, 0.6) is 23.0 Å². The summed E-state index contributed by atoms with van der Waals surface area (Å²) in [6.07, 6.45) is -0.361. The lowest BCUT2D eigenvalue weighted by Crippen LogP contribution is -2.21. The molecule has 0 saturated heterocycles. The fourth-order valence-corrected chi connectivity index (χ4v) is 2.89.